The molecule has 7 nitrogen and oxygen atoms in total. The lowest BCUT2D eigenvalue weighted by Crippen LogP contribution is -2.40. The molecule has 0 aromatic heterocycles. The van der Waals surface area contributed by atoms with Gasteiger partial charge in [0.1, 0.15) is 0 Å². The van der Waals surface area contributed by atoms with Crippen LogP contribution in [0.15, 0.2) is 53.4 Å². The zero-order valence-corrected chi connectivity index (χ0v) is 16.4. The van der Waals surface area contributed by atoms with E-state index in [4.69, 9.17) is 0 Å². The number of amides is 1. The third kappa shape index (κ3) is 5.63. The summed E-state index contributed by atoms with van der Waals surface area (Å²) in [6, 6.07) is 11.9. The van der Waals surface area contributed by atoms with Crippen LogP contribution in [0.3, 0.4) is 0 Å². The molecule has 0 saturated heterocycles. The van der Waals surface area contributed by atoms with Crippen molar-refractivity contribution in [3.63, 3.8) is 0 Å². The molecule has 0 spiro atoms. The highest BCUT2D eigenvalue weighted by Crippen LogP contribution is 2.17. The molecule has 0 aliphatic heterocycles. The van der Waals surface area contributed by atoms with E-state index in [1.54, 1.807) is 32.9 Å². The summed E-state index contributed by atoms with van der Waals surface area (Å²) in [5, 5.41) is 2.66. The van der Waals surface area contributed by atoms with E-state index in [0.717, 1.165) is 0 Å². The highest BCUT2D eigenvalue weighted by atomic mass is 32.2. The van der Waals surface area contributed by atoms with E-state index in [0.29, 0.717) is 11.3 Å². The monoisotopic (exact) mass is 390 g/mol. The lowest BCUT2D eigenvalue weighted by atomic mass is 10.1. The van der Waals surface area contributed by atoms with Gasteiger partial charge in [0.25, 0.3) is 5.91 Å². The Bertz CT molecular complexity index is 945. The normalized spacial score (nSPS) is 11.7. The quantitative estimate of drug-likeness (QED) is 0.765. The van der Waals surface area contributed by atoms with Gasteiger partial charge in [-0.15, -0.1) is 0 Å². The maximum atomic E-state index is 12.4. The molecule has 144 valence electrons. The van der Waals surface area contributed by atoms with Gasteiger partial charge in [0.05, 0.1) is 17.6 Å². The topological polar surface area (TPSA) is 102 Å². The van der Waals surface area contributed by atoms with Crippen molar-refractivity contribution >= 4 is 27.6 Å². The van der Waals surface area contributed by atoms with Crippen molar-refractivity contribution in [1.82, 2.24) is 4.72 Å². The van der Waals surface area contributed by atoms with E-state index in [-0.39, 0.29) is 10.5 Å². The van der Waals surface area contributed by atoms with Crippen LogP contribution < -0.4 is 10.0 Å². The third-order valence-electron chi connectivity index (χ3n) is 3.41. The first-order chi connectivity index (χ1) is 12.5. The zero-order valence-electron chi connectivity index (χ0n) is 15.6. The van der Waals surface area contributed by atoms with E-state index < -0.39 is 27.4 Å². The number of ether oxygens (including phenoxy) is 1. The van der Waals surface area contributed by atoms with Crippen LogP contribution in [-0.2, 0) is 14.8 Å². The molecule has 0 bridgehead atoms. The molecular formula is C19H22N2O5S. The van der Waals surface area contributed by atoms with Crippen LogP contribution in [0, 0.1) is 0 Å². The van der Waals surface area contributed by atoms with Gasteiger partial charge in [-0.3, -0.25) is 4.79 Å². The second kappa shape index (κ2) is 7.89. The van der Waals surface area contributed by atoms with Crippen LogP contribution in [0.25, 0.3) is 0 Å². The molecule has 27 heavy (non-hydrogen) atoms. The summed E-state index contributed by atoms with van der Waals surface area (Å²) in [5.74, 6) is -0.939. The molecule has 0 aliphatic carbocycles. The van der Waals surface area contributed by atoms with Crippen LogP contribution in [0.4, 0.5) is 5.69 Å². The van der Waals surface area contributed by atoms with Gasteiger partial charge in [0.2, 0.25) is 10.0 Å². The van der Waals surface area contributed by atoms with Gasteiger partial charge in [0, 0.05) is 16.8 Å². The molecule has 0 unspecified atom stereocenters. The largest absolute Gasteiger partial charge is 0.465 e. The number of rotatable bonds is 5. The number of anilines is 1. The molecule has 0 radical (unpaired) electrons. The molecule has 0 saturated carbocycles. The van der Waals surface area contributed by atoms with Crippen molar-refractivity contribution in [3.8, 4) is 0 Å². The highest BCUT2D eigenvalue weighted by molar-refractivity contribution is 7.89. The lowest BCUT2D eigenvalue weighted by Gasteiger charge is -2.20. The predicted octanol–water partition coefficient (Wildman–Crippen LogP) is 2.80. The molecule has 2 rings (SSSR count). The molecule has 2 aromatic carbocycles. The summed E-state index contributed by atoms with van der Waals surface area (Å²) in [6.07, 6.45) is 0. The number of methoxy groups -OCH3 is 1. The van der Waals surface area contributed by atoms with E-state index in [2.05, 4.69) is 14.8 Å². The average Bonchev–Trinajstić information content (AvgIpc) is 2.60. The standard InChI is InChI=1S/C19H22N2O5S/c1-19(2,3)21-27(24,25)16-7-5-6-14(12-16)17(22)20-15-10-8-13(9-11-15)18(23)26-4/h5-12,21H,1-4H3,(H,20,22). The van der Waals surface area contributed by atoms with Crippen LogP contribution in [-0.4, -0.2) is 32.9 Å². The molecule has 2 N–H and O–H groups in total. The number of esters is 1. The highest BCUT2D eigenvalue weighted by Gasteiger charge is 2.22. The Kier molecular flexibility index (Phi) is 6.02. The maximum Gasteiger partial charge on any atom is 0.337 e. The first-order valence-electron chi connectivity index (χ1n) is 8.15. The number of sulfonamides is 1. The van der Waals surface area contributed by atoms with E-state index in [9.17, 15) is 18.0 Å². The minimum absolute atomic E-state index is 0.00566. The van der Waals surface area contributed by atoms with Gasteiger partial charge in [-0.1, -0.05) is 6.07 Å². The van der Waals surface area contributed by atoms with Crippen molar-refractivity contribution in [2.75, 3.05) is 12.4 Å². The van der Waals surface area contributed by atoms with Crippen LogP contribution in [0.1, 0.15) is 41.5 Å². The summed E-state index contributed by atoms with van der Waals surface area (Å²) in [7, 11) is -2.46. The fraction of sp³-hybridized carbons (Fsp3) is 0.263. The lowest BCUT2D eigenvalue weighted by molar-refractivity contribution is 0.0600. The van der Waals surface area contributed by atoms with E-state index in [1.165, 1.54) is 43.5 Å². The van der Waals surface area contributed by atoms with Crippen molar-refractivity contribution in [2.24, 2.45) is 0 Å². The van der Waals surface area contributed by atoms with E-state index in [1.807, 2.05) is 0 Å². The van der Waals surface area contributed by atoms with Gasteiger partial charge in [-0.2, -0.15) is 0 Å². The van der Waals surface area contributed by atoms with Crippen molar-refractivity contribution in [1.29, 1.82) is 0 Å². The maximum absolute atomic E-state index is 12.4. The zero-order chi connectivity index (χ0) is 20.2. The Labute approximate surface area is 158 Å². The van der Waals surface area contributed by atoms with Crippen LogP contribution >= 0.6 is 0 Å². The van der Waals surface area contributed by atoms with Crippen LogP contribution in [0.5, 0.6) is 0 Å². The third-order valence-corrected chi connectivity index (χ3v) is 5.17. The molecule has 0 atom stereocenters. The van der Waals surface area contributed by atoms with Crippen molar-refractivity contribution in [3.05, 3.63) is 59.7 Å². The summed E-state index contributed by atoms with van der Waals surface area (Å²) in [5.41, 5.74) is 0.382. The fourth-order valence-electron chi connectivity index (χ4n) is 2.28. The molecule has 0 aliphatic rings. The fourth-order valence-corrected chi connectivity index (χ4v) is 3.74. The molecule has 1 amide bonds. The first-order valence-corrected chi connectivity index (χ1v) is 9.64. The van der Waals surface area contributed by atoms with Crippen LogP contribution in [0.2, 0.25) is 0 Å². The van der Waals surface area contributed by atoms with Gasteiger partial charge >= 0.3 is 5.97 Å². The minimum atomic E-state index is -3.75. The number of nitrogens with one attached hydrogen (secondary N) is 2. The predicted molar refractivity (Wildman–Crippen MR) is 102 cm³/mol. The molecule has 8 heteroatoms. The Morgan fingerprint density at radius 2 is 1.59 bits per heavy atom. The Morgan fingerprint density at radius 3 is 2.15 bits per heavy atom. The summed E-state index contributed by atoms with van der Waals surface area (Å²) >= 11 is 0. The van der Waals surface area contributed by atoms with Gasteiger partial charge in [-0.05, 0) is 63.2 Å². The first kappa shape index (κ1) is 20.6. The van der Waals surface area contributed by atoms with Gasteiger partial charge < -0.3 is 10.1 Å². The number of hydrogen-bond donors (Lipinski definition) is 2. The molecule has 0 heterocycles. The Hall–Kier alpha value is -2.71. The minimum Gasteiger partial charge on any atom is -0.465 e. The summed E-state index contributed by atoms with van der Waals surface area (Å²) < 4.78 is 32.0. The van der Waals surface area contributed by atoms with E-state index >= 15 is 0 Å². The second-order valence-electron chi connectivity index (χ2n) is 6.91. The smallest absolute Gasteiger partial charge is 0.337 e. The van der Waals surface area contributed by atoms with Crippen molar-refractivity contribution in [2.45, 2.75) is 31.2 Å². The summed E-state index contributed by atoms with van der Waals surface area (Å²) in [6.45, 7) is 5.21. The SMILES string of the molecule is COC(=O)c1ccc(NC(=O)c2cccc(S(=O)(=O)NC(C)(C)C)c2)cc1. The second-order valence-corrected chi connectivity index (χ2v) is 8.59. The number of benzene rings is 2. The van der Waals surface area contributed by atoms with Gasteiger partial charge in [-0.25, -0.2) is 17.9 Å². The molecule has 2 aromatic rings. The Balaban J connectivity index is 2.19. The Morgan fingerprint density at radius 1 is 0.963 bits per heavy atom. The number of hydrogen-bond acceptors (Lipinski definition) is 5. The number of carbonyl (C=O) groups is 2. The number of carbonyl (C=O) groups excluding carboxylic acids is 2. The molecular weight excluding hydrogens is 368 g/mol. The summed E-state index contributed by atoms with van der Waals surface area (Å²) in [4.78, 5) is 23.9. The molecule has 0 fully saturated rings. The van der Waals surface area contributed by atoms with Crippen molar-refractivity contribution < 1.29 is 22.7 Å². The average molecular weight is 390 g/mol. The van der Waals surface area contributed by atoms with Gasteiger partial charge in [0.15, 0.2) is 0 Å².